The van der Waals surface area contributed by atoms with Crippen molar-refractivity contribution >= 4 is 12.1 Å². The fourth-order valence-corrected chi connectivity index (χ4v) is 3.57. The van der Waals surface area contributed by atoms with Gasteiger partial charge in [0.1, 0.15) is 18.0 Å². The van der Waals surface area contributed by atoms with E-state index in [2.05, 4.69) is 51.1 Å². The largest absolute Gasteiger partial charge is 0.444 e. The Morgan fingerprint density at radius 3 is 2.68 bits per heavy atom. The van der Waals surface area contributed by atoms with Crippen LogP contribution in [-0.4, -0.2) is 63.5 Å². The summed E-state index contributed by atoms with van der Waals surface area (Å²) in [4.78, 5) is 19.1. The molecule has 1 unspecified atom stereocenters. The minimum Gasteiger partial charge on any atom is -0.444 e. The van der Waals surface area contributed by atoms with E-state index >= 15 is 0 Å². The van der Waals surface area contributed by atoms with Crippen molar-refractivity contribution in [1.29, 1.82) is 0 Å². The molecular formula is C22H41N7O2. The first-order valence-electron chi connectivity index (χ1n) is 11.5. The lowest BCUT2D eigenvalue weighted by Crippen LogP contribution is -2.45. The van der Waals surface area contributed by atoms with Crippen LogP contribution in [-0.2, 0) is 24.2 Å². The van der Waals surface area contributed by atoms with Crippen LogP contribution in [0.5, 0.6) is 0 Å². The molecule has 2 N–H and O–H groups in total. The SMILES string of the molecule is CCNC(=NCc1nnc2n1CCCC2)N(C)CCC(NC(=O)OC(C)(C)C)C(C)C. The van der Waals surface area contributed by atoms with Gasteiger partial charge in [-0.2, -0.15) is 0 Å². The Labute approximate surface area is 187 Å². The number of rotatable bonds is 8. The van der Waals surface area contributed by atoms with Crippen LogP contribution in [0.25, 0.3) is 0 Å². The molecule has 176 valence electrons. The minimum absolute atomic E-state index is 0.0173. The molecule has 0 aliphatic carbocycles. The Morgan fingerprint density at radius 1 is 1.29 bits per heavy atom. The van der Waals surface area contributed by atoms with E-state index in [1.54, 1.807) is 0 Å². The molecule has 0 fully saturated rings. The van der Waals surface area contributed by atoms with Gasteiger partial charge in [-0.15, -0.1) is 10.2 Å². The van der Waals surface area contributed by atoms with Crippen molar-refractivity contribution in [3.63, 3.8) is 0 Å². The lowest BCUT2D eigenvalue weighted by molar-refractivity contribution is 0.0486. The predicted molar refractivity (Wildman–Crippen MR) is 123 cm³/mol. The maximum Gasteiger partial charge on any atom is 0.407 e. The summed E-state index contributed by atoms with van der Waals surface area (Å²) >= 11 is 0. The van der Waals surface area contributed by atoms with Crippen molar-refractivity contribution in [2.45, 2.75) is 92.0 Å². The van der Waals surface area contributed by atoms with E-state index in [1.807, 2.05) is 27.8 Å². The highest BCUT2D eigenvalue weighted by atomic mass is 16.6. The van der Waals surface area contributed by atoms with E-state index < -0.39 is 5.60 Å². The second kappa shape index (κ2) is 11.3. The van der Waals surface area contributed by atoms with Gasteiger partial charge in [0.2, 0.25) is 0 Å². The molecule has 0 saturated carbocycles. The maximum absolute atomic E-state index is 12.2. The summed E-state index contributed by atoms with van der Waals surface area (Å²) in [6.07, 6.45) is 3.77. The zero-order valence-electron chi connectivity index (χ0n) is 20.4. The summed E-state index contributed by atoms with van der Waals surface area (Å²) in [6, 6.07) is 0.0173. The summed E-state index contributed by atoms with van der Waals surface area (Å²) in [5, 5.41) is 15.0. The Balaban J connectivity index is 1.96. The lowest BCUT2D eigenvalue weighted by atomic mass is 10.0. The summed E-state index contributed by atoms with van der Waals surface area (Å²) in [5.74, 6) is 3.12. The molecule has 0 bridgehead atoms. The molecule has 0 spiro atoms. The number of aliphatic imine (C=N–C) groups is 1. The van der Waals surface area contributed by atoms with Gasteiger partial charge in [-0.05, 0) is 52.9 Å². The highest BCUT2D eigenvalue weighted by Crippen LogP contribution is 2.15. The summed E-state index contributed by atoms with van der Waals surface area (Å²) < 4.78 is 7.63. The Morgan fingerprint density at radius 2 is 2.03 bits per heavy atom. The summed E-state index contributed by atoms with van der Waals surface area (Å²) in [5.41, 5.74) is -0.506. The third kappa shape index (κ3) is 8.03. The Kier molecular flexibility index (Phi) is 9.13. The number of aromatic nitrogens is 3. The van der Waals surface area contributed by atoms with Crippen LogP contribution in [0.4, 0.5) is 4.79 Å². The van der Waals surface area contributed by atoms with Gasteiger partial charge >= 0.3 is 6.09 Å². The number of nitrogens with zero attached hydrogens (tertiary/aromatic N) is 5. The molecule has 1 atom stereocenters. The van der Waals surface area contributed by atoms with E-state index in [9.17, 15) is 4.79 Å². The van der Waals surface area contributed by atoms with E-state index in [0.29, 0.717) is 12.5 Å². The lowest BCUT2D eigenvalue weighted by Gasteiger charge is -2.28. The summed E-state index contributed by atoms with van der Waals surface area (Å²) in [7, 11) is 2.02. The van der Waals surface area contributed by atoms with Gasteiger partial charge in [0.15, 0.2) is 11.8 Å². The number of nitrogens with one attached hydrogen (secondary N) is 2. The van der Waals surface area contributed by atoms with Crippen molar-refractivity contribution in [2.75, 3.05) is 20.1 Å². The molecule has 1 aliphatic rings. The minimum atomic E-state index is -0.506. The normalized spacial score (nSPS) is 15.4. The Bertz CT molecular complexity index is 737. The number of hydrogen-bond acceptors (Lipinski definition) is 5. The second-order valence-corrected chi connectivity index (χ2v) is 9.52. The van der Waals surface area contributed by atoms with Crippen LogP contribution in [0, 0.1) is 5.92 Å². The van der Waals surface area contributed by atoms with Crippen molar-refractivity contribution in [3.8, 4) is 0 Å². The van der Waals surface area contributed by atoms with Crippen LogP contribution in [0.15, 0.2) is 4.99 Å². The van der Waals surface area contributed by atoms with Gasteiger partial charge in [0.05, 0.1) is 0 Å². The molecule has 1 aliphatic heterocycles. The first kappa shape index (κ1) is 24.9. The Hall–Kier alpha value is -2.32. The zero-order valence-corrected chi connectivity index (χ0v) is 20.4. The molecule has 31 heavy (non-hydrogen) atoms. The van der Waals surface area contributed by atoms with Crippen LogP contribution in [0.2, 0.25) is 0 Å². The van der Waals surface area contributed by atoms with Gasteiger partial charge in [0, 0.05) is 39.1 Å². The first-order chi connectivity index (χ1) is 14.6. The maximum atomic E-state index is 12.2. The number of carbonyl (C=O) groups is 1. The van der Waals surface area contributed by atoms with Crippen LogP contribution in [0.3, 0.4) is 0 Å². The quantitative estimate of drug-likeness (QED) is 0.481. The molecule has 1 amide bonds. The average molecular weight is 436 g/mol. The van der Waals surface area contributed by atoms with Crippen molar-refractivity contribution in [2.24, 2.45) is 10.9 Å². The number of carbonyl (C=O) groups excluding carboxylic acids is 1. The number of fused-ring (bicyclic) bond motifs is 1. The monoisotopic (exact) mass is 435 g/mol. The number of aryl methyl sites for hydroxylation is 1. The molecule has 1 aromatic heterocycles. The molecule has 0 saturated heterocycles. The van der Waals surface area contributed by atoms with Gasteiger partial charge < -0.3 is 24.8 Å². The molecule has 1 aromatic rings. The molecule has 9 nitrogen and oxygen atoms in total. The van der Waals surface area contributed by atoms with E-state index in [-0.39, 0.29) is 12.1 Å². The highest BCUT2D eigenvalue weighted by Gasteiger charge is 2.22. The number of hydrogen-bond donors (Lipinski definition) is 2. The number of amides is 1. The van der Waals surface area contributed by atoms with E-state index in [1.165, 1.54) is 12.8 Å². The molecule has 0 radical (unpaired) electrons. The zero-order chi connectivity index (χ0) is 23.0. The van der Waals surface area contributed by atoms with Gasteiger partial charge in [-0.3, -0.25) is 0 Å². The third-order valence-electron chi connectivity index (χ3n) is 5.29. The highest BCUT2D eigenvalue weighted by molar-refractivity contribution is 5.79. The fraction of sp³-hybridized carbons (Fsp3) is 0.818. The molecule has 2 heterocycles. The number of alkyl carbamates (subject to hydrolysis) is 1. The van der Waals surface area contributed by atoms with Gasteiger partial charge in [-0.25, -0.2) is 9.79 Å². The molecule has 0 aromatic carbocycles. The fourth-order valence-electron chi connectivity index (χ4n) is 3.57. The first-order valence-corrected chi connectivity index (χ1v) is 11.5. The number of ether oxygens (including phenoxy) is 1. The van der Waals surface area contributed by atoms with Gasteiger partial charge in [0.25, 0.3) is 0 Å². The van der Waals surface area contributed by atoms with Crippen LogP contribution < -0.4 is 10.6 Å². The summed E-state index contributed by atoms with van der Waals surface area (Å²) in [6.45, 7) is 14.9. The molecular weight excluding hydrogens is 394 g/mol. The smallest absolute Gasteiger partial charge is 0.407 e. The van der Waals surface area contributed by atoms with Gasteiger partial charge in [-0.1, -0.05) is 13.8 Å². The van der Waals surface area contributed by atoms with Crippen LogP contribution in [0.1, 0.15) is 72.5 Å². The van der Waals surface area contributed by atoms with Crippen LogP contribution >= 0.6 is 0 Å². The van der Waals surface area contributed by atoms with E-state index in [0.717, 1.165) is 50.1 Å². The van der Waals surface area contributed by atoms with Crippen molar-refractivity contribution in [1.82, 2.24) is 30.3 Å². The average Bonchev–Trinajstić information content (AvgIpc) is 3.09. The third-order valence-corrected chi connectivity index (χ3v) is 5.29. The number of guanidine groups is 1. The molecule has 2 rings (SSSR count). The molecule has 9 heteroatoms. The van der Waals surface area contributed by atoms with Crippen molar-refractivity contribution < 1.29 is 9.53 Å². The predicted octanol–water partition coefficient (Wildman–Crippen LogP) is 2.95. The second-order valence-electron chi connectivity index (χ2n) is 9.52. The standard InChI is InChI=1S/C22H41N7O2/c1-8-23-20(24-15-19-27-26-18-11-9-10-13-29(18)19)28(7)14-12-17(16(2)3)25-21(30)31-22(4,5)6/h16-17H,8-15H2,1-7H3,(H,23,24)(H,25,30). The van der Waals surface area contributed by atoms with E-state index in [4.69, 9.17) is 9.73 Å². The topological polar surface area (TPSA) is 96.7 Å². The van der Waals surface area contributed by atoms with Crippen molar-refractivity contribution in [3.05, 3.63) is 11.6 Å².